The van der Waals surface area contributed by atoms with Crippen LogP contribution < -0.4 is 19.9 Å². The number of carbonyl (C=O) groups is 1. The quantitative estimate of drug-likeness (QED) is 0.842. The fourth-order valence-corrected chi connectivity index (χ4v) is 3.45. The minimum Gasteiger partial charge on any atom is -0.497 e. The molecule has 5 nitrogen and oxygen atoms in total. The van der Waals surface area contributed by atoms with Gasteiger partial charge in [-0.2, -0.15) is 0 Å². The lowest BCUT2D eigenvalue weighted by molar-refractivity contribution is -0.914. The van der Waals surface area contributed by atoms with Gasteiger partial charge in [0.2, 0.25) is 0 Å². The van der Waals surface area contributed by atoms with Crippen LogP contribution in [0.1, 0.15) is 6.92 Å². The van der Waals surface area contributed by atoms with Crippen LogP contribution >= 0.6 is 11.6 Å². The Morgan fingerprint density at radius 2 is 1.81 bits per heavy atom. The molecule has 1 saturated heterocycles. The molecule has 1 aliphatic heterocycles. The predicted octanol–water partition coefficient (Wildman–Crippen LogP) is 2.08. The van der Waals surface area contributed by atoms with Crippen molar-refractivity contribution in [1.29, 1.82) is 0 Å². The van der Waals surface area contributed by atoms with Crippen molar-refractivity contribution in [3.63, 3.8) is 0 Å². The fraction of sp³-hybridized carbons (Fsp3) is 0.350. The Morgan fingerprint density at radius 1 is 1.15 bits per heavy atom. The topological polar surface area (TPSA) is 46.0 Å². The predicted molar refractivity (Wildman–Crippen MR) is 105 cm³/mol. The Kier molecular flexibility index (Phi) is 6.01. The molecule has 0 bridgehead atoms. The number of benzene rings is 2. The first-order valence-electron chi connectivity index (χ1n) is 8.87. The molecule has 3 rings (SSSR count). The van der Waals surface area contributed by atoms with E-state index in [0.717, 1.165) is 31.9 Å². The average molecular weight is 375 g/mol. The van der Waals surface area contributed by atoms with Crippen molar-refractivity contribution in [1.82, 2.24) is 0 Å². The normalized spacial score (nSPS) is 16.2. The summed E-state index contributed by atoms with van der Waals surface area (Å²) >= 11 is 6.13. The molecule has 0 unspecified atom stereocenters. The molecule has 0 aliphatic carbocycles. The highest BCUT2D eigenvalue weighted by Crippen LogP contribution is 2.21. The summed E-state index contributed by atoms with van der Waals surface area (Å²) in [5.74, 6) is 0.869. The van der Waals surface area contributed by atoms with E-state index in [1.165, 1.54) is 10.6 Å². The van der Waals surface area contributed by atoms with E-state index in [9.17, 15) is 4.79 Å². The van der Waals surface area contributed by atoms with Crippen LogP contribution in [0.3, 0.4) is 0 Å². The zero-order valence-corrected chi connectivity index (χ0v) is 15.9. The lowest BCUT2D eigenvalue weighted by atomic mass is 10.2. The maximum atomic E-state index is 12.6. The molecule has 138 valence electrons. The number of hydrogen-bond acceptors (Lipinski definition) is 3. The van der Waals surface area contributed by atoms with E-state index >= 15 is 0 Å². The van der Waals surface area contributed by atoms with Gasteiger partial charge in [-0.05, 0) is 43.3 Å². The molecule has 0 aromatic heterocycles. The van der Waals surface area contributed by atoms with Gasteiger partial charge in [-0.1, -0.05) is 23.7 Å². The highest BCUT2D eigenvalue weighted by Gasteiger charge is 2.29. The monoisotopic (exact) mass is 374 g/mol. The zero-order valence-electron chi connectivity index (χ0n) is 15.2. The highest BCUT2D eigenvalue weighted by atomic mass is 35.5. The number of anilines is 2. The third-order valence-corrected chi connectivity index (χ3v) is 5.31. The molecule has 0 radical (unpaired) electrons. The third-order valence-electron chi connectivity index (χ3n) is 4.98. The maximum Gasteiger partial charge on any atom is 0.282 e. The first-order chi connectivity index (χ1) is 12.6. The van der Waals surface area contributed by atoms with Crippen LogP contribution in [0.4, 0.5) is 11.4 Å². The van der Waals surface area contributed by atoms with E-state index < -0.39 is 0 Å². The van der Waals surface area contributed by atoms with Gasteiger partial charge < -0.3 is 19.9 Å². The number of ether oxygens (including phenoxy) is 1. The SMILES string of the molecule is COc1ccc(N2CC[NH+]([C@@H](C)C(=O)Nc3ccccc3Cl)CC2)cc1. The van der Waals surface area contributed by atoms with Gasteiger partial charge in [-0.15, -0.1) is 0 Å². The Hall–Kier alpha value is -2.24. The Morgan fingerprint density at radius 3 is 2.42 bits per heavy atom. The van der Waals surface area contributed by atoms with Gasteiger partial charge >= 0.3 is 0 Å². The molecule has 1 amide bonds. The molecule has 1 heterocycles. The summed E-state index contributed by atoms with van der Waals surface area (Å²) < 4.78 is 5.21. The summed E-state index contributed by atoms with van der Waals surface area (Å²) in [6.45, 7) is 5.66. The van der Waals surface area contributed by atoms with Gasteiger partial charge in [-0.25, -0.2) is 0 Å². The molecular formula is C20H25ClN3O2+. The minimum atomic E-state index is -0.121. The lowest BCUT2D eigenvalue weighted by Crippen LogP contribution is -3.19. The van der Waals surface area contributed by atoms with E-state index in [2.05, 4.69) is 22.3 Å². The van der Waals surface area contributed by atoms with Crippen molar-refractivity contribution >= 4 is 28.9 Å². The molecule has 0 saturated carbocycles. The van der Waals surface area contributed by atoms with E-state index in [4.69, 9.17) is 16.3 Å². The number of piperazine rings is 1. The molecule has 1 aliphatic rings. The first-order valence-corrected chi connectivity index (χ1v) is 9.25. The number of para-hydroxylation sites is 1. The second kappa shape index (κ2) is 8.43. The van der Waals surface area contributed by atoms with Gasteiger partial charge in [0.25, 0.3) is 5.91 Å². The van der Waals surface area contributed by atoms with Crippen molar-refractivity contribution in [3.05, 3.63) is 53.6 Å². The molecule has 6 heteroatoms. The molecular weight excluding hydrogens is 350 g/mol. The molecule has 0 spiro atoms. The maximum absolute atomic E-state index is 12.6. The number of amides is 1. The number of hydrogen-bond donors (Lipinski definition) is 2. The number of nitrogens with one attached hydrogen (secondary N) is 2. The Bertz CT molecular complexity index is 743. The molecule has 2 aromatic rings. The highest BCUT2D eigenvalue weighted by molar-refractivity contribution is 6.33. The number of nitrogens with zero attached hydrogens (tertiary/aromatic N) is 1. The molecule has 2 aromatic carbocycles. The van der Waals surface area contributed by atoms with E-state index in [-0.39, 0.29) is 11.9 Å². The summed E-state index contributed by atoms with van der Waals surface area (Å²) in [5.41, 5.74) is 1.86. The van der Waals surface area contributed by atoms with Gasteiger partial charge in [0, 0.05) is 5.69 Å². The molecule has 2 N–H and O–H groups in total. The van der Waals surface area contributed by atoms with Gasteiger partial charge in [-0.3, -0.25) is 4.79 Å². The zero-order chi connectivity index (χ0) is 18.5. The van der Waals surface area contributed by atoms with Crippen LogP contribution in [0, 0.1) is 0 Å². The summed E-state index contributed by atoms with van der Waals surface area (Å²) in [6.07, 6.45) is 0. The number of carbonyl (C=O) groups excluding carboxylic acids is 1. The van der Waals surface area contributed by atoms with Crippen molar-refractivity contribution in [2.24, 2.45) is 0 Å². The Labute approximate surface area is 159 Å². The van der Waals surface area contributed by atoms with Crippen LogP contribution in [0.2, 0.25) is 5.02 Å². The second-order valence-corrected chi connectivity index (χ2v) is 6.94. The van der Waals surface area contributed by atoms with Crippen LogP contribution in [0.25, 0.3) is 0 Å². The summed E-state index contributed by atoms with van der Waals surface area (Å²) in [5, 5.41) is 3.51. The summed E-state index contributed by atoms with van der Waals surface area (Å²) in [4.78, 5) is 16.2. The smallest absolute Gasteiger partial charge is 0.282 e. The van der Waals surface area contributed by atoms with Crippen LogP contribution in [0.5, 0.6) is 5.75 Å². The number of halogens is 1. The third kappa shape index (κ3) is 4.29. The van der Waals surface area contributed by atoms with E-state index in [1.807, 2.05) is 37.3 Å². The molecule has 1 fully saturated rings. The lowest BCUT2D eigenvalue weighted by Gasteiger charge is -2.36. The Balaban J connectivity index is 1.55. The number of rotatable bonds is 5. The van der Waals surface area contributed by atoms with Crippen molar-refractivity contribution in [2.75, 3.05) is 43.5 Å². The van der Waals surface area contributed by atoms with Crippen LogP contribution in [0.15, 0.2) is 48.5 Å². The standard InChI is InChI=1S/C20H24ClN3O2/c1-15(20(25)22-19-6-4-3-5-18(19)21)23-11-13-24(14-12-23)16-7-9-17(26-2)10-8-16/h3-10,15H,11-14H2,1-2H3,(H,22,25)/p+1/t15-/m0/s1. The average Bonchev–Trinajstić information content (AvgIpc) is 2.69. The van der Waals surface area contributed by atoms with Crippen LogP contribution in [-0.2, 0) is 4.79 Å². The molecule has 1 atom stereocenters. The summed E-state index contributed by atoms with van der Waals surface area (Å²) in [7, 11) is 1.67. The van der Waals surface area contributed by atoms with Gasteiger partial charge in [0.15, 0.2) is 6.04 Å². The largest absolute Gasteiger partial charge is 0.497 e. The van der Waals surface area contributed by atoms with Crippen LogP contribution in [-0.4, -0.2) is 45.2 Å². The number of quaternary nitrogens is 1. The molecule has 26 heavy (non-hydrogen) atoms. The summed E-state index contributed by atoms with van der Waals surface area (Å²) in [6, 6.07) is 15.3. The van der Waals surface area contributed by atoms with Crippen molar-refractivity contribution in [3.8, 4) is 5.75 Å². The minimum absolute atomic E-state index is 0.00555. The first kappa shape index (κ1) is 18.5. The second-order valence-electron chi connectivity index (χ2n) is 6.53. The fourth-order valence-electron chi connectivity index (χ4n) is 3.27. The van der Waals surface area contributed by atoms with E-state index in [0.29, 0.717) is 10.7 Å². The van der Waals surface area contributed by atoms with Gasteiger partial charge in [0.1, 0.15) is 5.75 Å². The van der Waals surface area contributed by atoms with Gasteiger partial charge in [0.05, 0.1) is 44.0 Å². The van der Waals surface area contributed by atoms with Crippen molar-refractivity contribution < 1.29 is 14.4 Å². The van der Waals surface area contributed by atoms with E-state index in [1.54, 1.807) is 13.2 Å². The number of methoxy groups -OCH3 is 1. The van der Waals surface area contributed by atoms with Crippen molar-refractivity contribution in [2.45, 2.75) is 13.0 Å².